The van der Waals surface area contributed by atoms with Crippen LogP contribution in [0.4, 0.5) is 18.0 Å². The molecule has 6 rings (SSSR count). The highest BCUT2D eigenvalue weighted by molar-refractivity contribution is 7.91. The molecule has 2 saturated carbocycles. The predicted octanol–water partition coefficient (Wildman–Crippen LogP) is 5.17. The number of fused-ring (bicyclic) bond motifs is 3. The Balaban J connectivity index is 1.40. The first-order valence-electron chi connectivity index (χ1n) is 19.3. The molecule has 18 heteroatoms. The maximum absolute atomic E-state index is 14.8. The Bertz CT molecular complexity index is 2040. The van der Waals surface area contributed by atoms with Gasteiger partial charge in [-0.3, -0.25) is 24.0 Å². The van der Waals surface area contributed by atoms with E-state index in [1.54, 1.807) is 30.3 Å². The van der Waals surface area contributed by atoms with Gasteiger partial charge >= 0.3 is 12.3 Å². The molecule has 2 aliphatic carbocycles. The number of hydrogen-bond acceptors (Lipinski definition) is 9. The lowest BCUT2D eigenvalue weighted by Crippen LogP contribution is -2.62. The van der Waals surface area contributed by atoms with Gasteiger partial charge in [0.2, 0.25) is 27.7 Å². The van der Waals surface area contributed by atoms with E-state index in [1.165, 1.54) is 20.0 Å². The van der Waals surface area contributed by atoms with Gasteiger partial charge in [-0.2, -0.15) is 13.2 Å². The van der Waals surface area contributed by atoms with Crippen molar-refractivity contribution in [2.45, 2.75) is 120 Å². The zero-order valence-electron chi connectivity index (χ0n) is 32.5. The average Bonchev–Trinajstić information content (AvgIpc) is 4.01. The molecule has 0 radical (unpaired) electrons. The number of pyridine rings is 1. The van der Waals surface area contributed by atoms with Gasteiger partial charge in [0.15, 0.2) is 0 Å². The normalized spacial score (nSPS) is 30.1. The third-order valence-electron chi connectivity index (χ3n) is 11.9. The number of nitrogens with one attached hydrogen (secondary N) is 2. The molecule has 0 bridgehead atoms. The van der Waals surface area contributed by atoms with Crippen LogP contribution in [0.25, 0.3) is 10.8 Å². The number of benzene rings is 1. The first kappa shape index (κ1) is 42.0. The Morgan fingerprint density at radius 1 is 1.18 bits per heavy atom. The minimum Gasteiger partial charge on any atom is -0.494 e. The van der Waals surface area contributed by atoms with Gasteiger partial charge in [-0.05, 0) is 101 Å². The van der Waals surface area contributed by atoms with E-state index in [2.05, 4.69) is 15.0 Å². The summed E-state index contributed by atoms with van der Waals surface area (Å²) in [6.07, 6.45) is -1.17. The summed E-state index contributed by atoms with van der Waals surface area (Å²) in [6, 6.07) is 1.08. The minimum atomic E-state index is -5.03. The largest absolute Gasteiger partial charge is 0.494 e. The first-order valence-corrected chi connectivity index (χ1v) is 20.8. The second-order valence-electron chi connectivity index (χ2n) is 16.2. The van der Waals surface area contributed by atoms with Gasteiger partial charge in [0.1, 0.15) is 35.5 Å². The van der Waals surface area contributed by atoms with E-state index < -0.39 is 86.4 Å². The monoisotopic (exact) mass is 821 g/mol. The van der Waals surface area contributed by atoms with Gasteiger partial charge in [-0.1, -0.05) is 26.0 Å². The summed E-state index contributed by atoms with van der Waals surface area (Å²) in [4.78, 5) is 61.5. The van der Waals surface area contributed by atoms with Crippen LogP contribution in [0.15, 0.2) is 42.6 Å². The second kappa shape index (κ2) is 15.6. The Morgan fingerprint density at radius 3 is 2.54 bits per heavy atom. The molecule has 14 nitrogen and oxygen atoms in total. The van der Waals surface area contributed by atoms with E-state index in [0.717, 1.165) is 4.90 Å². The van der Waals surface area contributed by atoms with E-state index in [4.69, 9.17) is 9.47 Å². The van der Waals surface area contributed by atoms with Gasteiger partial charge in [-0.25, -0.2) is 18.2 Å². The zero-order valence-corrected chi connectivity index (χ0v) is 33.4. The van der Waals surface area contributed by atoms with Crippen LogP contribution in [0.5, 0.6) is 11.6 Å². The summed E-state index contributed by atoms with van der Waals surface area (Å²) in [6.45, 7) is 7.50. The van der Waals surface area contributed by atoms with Crippen molar-refractivity contribution in [3.8, 4) is 11.6 Å². The third-order valence-corrected chi connectivity index (χ3v) is 14.1. The summed E-state index contributed by atoms with van der Waals surface area (Å²) in [5.41, 5.74) is -1.70. The molecule has 3 N–H and O–H groups in total. The Kier molecular flexibility index (Phi) is 11.5. The lowest BCUT2D eigenvalue weighted by atomic mass is 9.86. The number of aromatic nitrogens is 1. The fraction of sp³-hybridized carbons (Fsp3) is 0.615. The molecule has 3 fully saturated rings. The number of amides is 4. The van der Waals surface area contributed by atoms with Crippen LogP contribution in [-0.2, 0) is 24.4 Å². The van der Waals surface area contributed by atoms with Crippen molar-refractivity contribution in [1.82, 2.24) is 24.8 Å². The third kappa shape index (κ3) is 8.51. The number of hydrogen-bond donors (Lipinski definition) is 3. The van der Waals surface area contributed by atoms with Crippen molar-refractivity contribution < 1.29 is 55.3 Å². The molecule has 4 amide bonds. The molecule has 1 saturated heterocycles. The number of rotatable bonds is 9. The lowest BCUT2D eigenvalue weighted by Gasteiger charge is -2.40. The van der Waals surface area contributed by atoms with Crippen molar-refractivity contribution in [3.63, 3.8) is 0 Å². The van der Waals surface area contributed by atoms with Crippen LogP contribution in [0.2, 0.25) is 0 Å². The molecular weight excluding hydrogens is 772 g/mol. The molecule has 2 aliphatic heterocycles. The van der Waals surface area contributed by atoms with Crippen LogP contribution in [0.1, 0.15) is 79.6 Å². The number of nitrogens with zero attached hydrogens (tertiary/aromatic N) is 3. The van der Waals surface area contributed by atoms with Gasteiger partial charge in [0.25, 0.3) is 5.91 Å². The van der Waals surface area contributed by atoms with E-state index >= 15 is 0 Å². The predicted molar refractivity (Wildman–Crippen MR) is 202 cm³/mol. The Labute approximate surface area is 329 Å². The summed E-state index contributed by atoms with van der Waals surface area (Å²) >= 11 is 0. The van der Waals surface area contributed by atoms with E-state index in [0.29, 0.717) is 55.7 Å². The van der Waals surface area contributed by atoms with E-state index in [-0.39, 0.29) is 42.5 Å². The summed E-state index contributed by atoms with van der Waals surface area (Å²) in [5, 5.41) is 14.3. The molecule has 0 unspecified atom stereocenters. The smallest absolute Gasteiger partial charge is 0.408 e. The number of carbonyl (C=O) groups is 4. The Morgan fingerprint density at radius 2 is 1.89 bits per heavy atom. The van der Waals surface area contributed by atoms with Crippen LogP contribution in [-0.4, -0.2) is 106 Å². The van der Waals surface area contributed by atoms with Crippen LogP contribution in [0.3, 0.4) is 0 Å². The quantitative estimate of drug-likeness (QED) is 0.286. The Hall–Kier alpha value is -4.61. The highest BCUT2D eigenvalue weighted by Crippen LogP contribution is 2.48. The summed E-state index contributed by atoms with van der Waals surface area (Å²) < 4.78 is 82.2. The highest BCUT2D eigenvalue weighted by atomic mass is 32.2. The molecule has 1 aromatic carbocycles. The maximum Gasteiger partial charge on any atom is 0.408 e. The summed E-state index contributed by atoms with van der Waals surface area (Å²) in [5.74, 6) is -3.78. The van der Waals surface area contributed by atoms with Gasteiger partial charge < -0.3 is 24.8 Å². The molecule has 0 spiro atoms. The average molecular weight is 822 g/mol. The van der Waals surface area contributed by atoms with Crippen molar-refractivity contribution in [2.75, 3.05) is 13.2 Å². The van der Waals surface area contributed by atoms with Crippen LogP contribution >= 0.6 is 0 Å². The van der Waals surface area contributed by atoms with Crippen molar-refractivity contribution >= 4 is 44.6 Å². The second-order valence-corrected chi connectivity index (χ2v) is 18.4. The van der Waals surface area contributed by atoms with Crippen molar-refractivity contribution in [1.29, 1.82) is 0 Å². The minimum absolute atomic E-state index is 0.0582. The van der Waals surface area contributed by atoms with Crippen LogP contribution < -0.4 is 19.5 Å². The number of alkyl halides is 3. The molecule has 2 aromatic rings. The number of carboxylic acid groups (broad SMARTS) is 1. The fourth-order valence-electron chi connectivity index (χ4n) is 8.09. The number of allylic oxidation sites excluding steroid dienone is 1. The number of sulfonamides is 1. The first-order chi connectivity index (χ1) is 26.7. The van der Waals surface area contributed by atoms with Crippen LogP contribution in [0, 0.1) is 17.8 Å². The number of halogens is 3. The zero-order chi connectivity index (χ0) is 41.7. The van der Waals surface area contributed by atoms with E-state index in [9.17, 15) is 45.9 Å². The van der Waals surface area contributed by atoms with Crippen molar-refractivity contribution in [2.24, 2.45) is 17.8 Å². The topological polar surface area (TPSA) is 185 Å². The highest BCUT2D eigenvalue weighted by Gasteiger charge is 2.63. The molecular formula is C39H50F3N5O9S. The number of carbonyl (C=O) groups excluding carboxylic acids is 3. The molecule has 4 aliphatic rings. The number of ether oxygens (including phenoxy) is 2. The standard InChI is InChI=1S/C39H50F3N5O9S/c1-6-55-27-11-12-29-25(18-27)13-16-43-33(29)56-28-19-30-32(48)44-38(35(50)45-57(53,54)37(5)14-15-37)20-26(38)10-8-7-9-22(2)17-23(3)31(34(49)46(30)21-28)47(36(51)52)24(4)39(40,41)42/h8,10-13,16,18,22-24,26,28,30-31H,6-7,9,14-15,17,19-21H2,1-5H3,(H,44,48)(H,45,50)(H,51,52)/b10-8-/t22-,23-,24-,26-,28-,30+,31+,38-/m1/s1. The van der Waals surface area contributed by atoms with Gasteiger partial charge in [0, 0.05) is 23.9 Å². The van der Waals surface area contributed by atoms with E-state index in [1.807, 2.05) is 19.9 Å². The molecule has 57 heavy (non-hydrogen) atoms. The SMILES string of the molecule is CCOc1ccc2c(O[C@@H]3C[C@H]4C(=O)N[C@]5(C(=O)NS(=O)(=O)C6(C)CC6)C[C@H]5/C=C\CC[C@@H](C)C[C@@H](C)[C@H](N(C(=O)O)[C@H](C)C(F)(F)F)C(=O)N4C3)nccc2c1. The molecule has 8 atom stereocenters. The van der Waals surface area contributed by atoms with Gasteiger partial charge in [0.05, 0.1) is 17.9 Å². The van der Waals surface area contributed by atoms with Crippen molar-refractivity contribution in [3.05, 3.63) is 42.6 Å². The lowest BCUT2D eigenvalue weighted by molar-refractivity contribution is -0.184. The van der Waals surface area contributed by atoms with Gasteiger partial charge in [-0.15, -0.1) is 0 Å². The fourth-order valence-corrected chi connectivity index (χ4v) is 9.40. The summed E-state index contributed by atoms with van der Waals surface area (Å²) in [7, 11) is -4.11. The maximum atomic E-state index is 14.8. The molecule has 1 aromatic heterocycles. The molecule has 3 heterocycles. The molecule has 312 valence electrons.